The molecule has 0 aliphatic rings. The molecule has 4 nitrogen and oxygen atoms in total. The van der Waals surface area contributed by atoms with E-state index >= 15 is 0 Å². The summed E-state index contributed by atoms with van der Waals surface area (Å²) in [6.07, 6.45) is 0. The summed E-state index contributed by atoms with van der Waals surface area (Å²) in [6.45, 7) is 6.10. The van der Waals surface area contributed by atoms with Gasteiger partial charge in [0.15, 0.2) is 24.0 Å². The van der Waals surface area contributed by atoms with Crippen molar-refractivity contribution in [3.63, 3.8) is 0 Å². The molecule has 1 aromatic rings. The third-order valence-corrected chi connectivity index (χ3v) is 3.48. The maximum Gasteiger partial charge on any atom is 0.312 e. The number of rotatable bonds is 6. The van der Waals surface area contributed by atoms with Crippen LogP contribution in [0, 0.1) is 23.0 Å². The van der Waals surface area contributed by atoms with Crippen LogP contribution in [0.25, 0.3) is 0 Å². The summed E-state index contributed by atoms with van der Waals surface area (Å²) < 4.78 is 37.9. The van der Waals surface area contributed by atoms with Gasteiger partial charge in [-0.05, 0) is 39.2 Å². The van der Waals surface area contributed by atoms with Crippen LogP contribution in [0.2, 0.25) is 0 Å². The number of hydrogen-bond donors (Lipinski definition) is 1. The zero-order valence-electron chi connectivity index (χ0n) is 12.5. The predicted molar refractivity (Wildman–Crippen MR) is 75.7 cm³/mol. The van der Waals surface area contributed by atoms with Gasteiger partial charge in [0, 0.05) is 0 Å². The second-order valence-electron chi connectivity index (χ2n) is 5.66. The van der Waals surface area contributed by atoms with Gasteiger partial charge in [0.2, 0.25) is 0 Å². The highest BCUT2D eigenvalue weighted by atomic mass is 19.2. The smallest absolute Gasteiger partial charge is 0.312 e. The van der Waals surface area contributed by atoms with E-state index in [-0.39, 0.29) is 25.3 Å². The van der Waals surface area contributed by atoms with Gasteiger partial charge in [0.05, 0.1) is 11.2 Å². The number of nitriles is 1. The molecule has 0 spiro atoms. The maximum atomic E-state index is 13.9. The zero-order valence-corrected chi connectivity index (χ0v) is 12.5. The molecule has 1 rings (SSSR count). The fraction of sp³-hybridized carbons (Fsp3) is 0.500. The van der Waals surface area contributed by atoms with Crippen molar-refractivity contribution in [2.24, 2.45) is 0 Å². The third kappa shape index (κ3) is 4.16. The third-order valence-electron chi connectivity index (χ3n) is 3.48. The molecule has 114 valence electrons. The Morgan fingerprint density at radius 3 is 2.38 bits per heavy atom. The standard InChI is InChI=1S/C14H18BF2NO3/c1-13(2,19)14(3,4)21-15-9-5-6-10(20-8-7-18)12(17)11(9)16/h5-6,15,19H,8H2,1-4H3. The first-order chi connectivity index (χ1) is 9.60. The van der Waals surface area contributed by atoms with Gasteiger partial charge in [-0.15, -0.1) is 0 Å². The Labute approximate surface area is 123 Å². The number of benzene rings is 1. The lowest BCUT2D eigenvalue weighted by molar-refractivity contribution is -0.0893. The van der Waals surface area contributed by atoms with Crippen LogP contribution in [0.4, 0.5) is 8.78 Å². The summed E-state index contributed by atoms with van der Waals surface area (Å²) in [5.41, 5.74) is -2.07. The van der Waals surface area contributed by atoms with E-state index in [4.69, 9.17) is 14.7 Å². The van der Waals surface area contributed by atoms with Crippen molar-refractivity contribution in [1.29, 1.82) is 5.26 Å². The summed E-state index contributed by atoms with van der Waals surface area (Å²) in [4.78, 5) is 0. The molecule has 0 amide bonds. The van der Waals surface area contributed by atoms with E-state index in [1.165, 1.54) is 12.1 Å². The maximum absolute atomic E-state index is 13.9. The normalized spacial score (nSPS) is 11.9. The van der Waals surface area contributed by atoms with Crippen LogP contribution >= 0.6 is 0 Å². The second kappa shape index (κ2) is 6.42. The van der Waals surface area contributed by atoms with E-state index in [0.717, 1.165) is 0 Å². The van der Waals surface area contributed by atoms with Crippen molar-refractivity contribution < 1.29 is 23.3 Å². The van der Waals surface area contributed by atoms with Crippen molar-refractivity contribution in [2.45, 2.75) is 38.9 Å². The fourth-order valence-electron chi connectivity index (χ4n) is 1.34. The molecule has 0 radical (unpaired) electrons. The Hall–Kier alpha value is -1.65. The summed E-state index contributed by atoms with van der Waals surface area (Å²) in [5, 5.41) is 18.3. The molecule has 0 saturated carbocycles. The predicted octanol–water partition coefficient (Wildman–Crippen LogP) is 1.41. The molecule has 0 heterocycles. The van der Waals surface area contributed by atoms with Crippen LogP contribution in [0.3, 0.4) is 0 Å². The summed E-state index contributed by atoms with van der Waals surface area (Å²) in [6, 6.07) is 4.24. The minimum atomic E-state index is -1.16. The van der Waals surface area contributed by atoms with Gasteiger partial charge in [0.25, 0.3) is 0 Å². The van der Waals surface area contributed by atoms with Crippen molar-refractivity contribution >= 4 is 12.9 Å². The van der Waals surface area contributed by atoms with Crippen molar-refractivity contribution in [1.82, 2.24) is 0 Å². The van der Waals surface area contributed by atoms with Gasteiger partial charge >= 0.3 is 7.48 Å². The number of hydrogen-bond acceptors (Lipinski definition) is 4. The van der Waals surface area contributed by atoms with Gasteiger partial charge < -0.3 is 14.5 Å². The van der Waals surface area contributed by atoms with Gasteiger partial charge in [-0.3, -0.25) is 0 Å². The van der Waals surface area contributed by atoms with Crippen molar-refractivity contribution in [3.05, 3.63) is 23.8 Å². The molecule has 0 bridgehead atoms. The SMILES string of the molecule is CC(C)(O)C(C)(C)OBc1ccc(OCC#N)c(F)c1F. The first kappa shape index (κ1) is 17.4. The van der Waals surface area contributed by atoms with Gasteiger partial charge in [-0.25, -0.2) is 4.39 Å². The summed E-state index contributed by atoms with van der Waals surface area (Å²) in [5.74, 6) is -2.57. The Kier molecular flexibility index (Phi) is 5.32. The van der Waals surface area contributed by atoms with Gasteiger partial charge in [-0.1, -0.05) is 6.07 Å². The Bertz CT molecular complexity index is 550. The summed E-state index contributed by atoms with van der Waals surface area (Å²) in [7, 11) is -0.196. The number of nitrogens with zero attached hydrogens (tertiary/aromatic N) is 1. The lowest BCUT2D eigenvalue weighted by atomic mass is 9.82. The van der Waals surface area contributed by atoms with E-state index in [1.54, 1.807) is 33.8 Å². The van der Waals surface area contributed by atoms with E-state index < -0.39 is 22.8 Å². The lowest BCUT2D eigenvalue weighted by Crippen LogP contribution is -2.49. The molecule has 0 saturated heterocycles. The number of ether oxygens (including phenoxy) is 1. The minimum Gasteiger partial charge on any atom is -0.476 e. The molecule has 1 N–H and O–H groups in total. The fourth-order valence-corrected chi connectivity index (χ4v) is 1.34. The van der Waals surface area contributed by atoms with E-state index in [9.17, 15) is 13.9 Å². The zero-order chi connectivity index (χ0) is 16.3. The molecular weight excluding hydrogens is 279 g/mol. The molecule has 0 fully saturated rings. The minimum absolute atomic E-state index is 0.00846. The van der Waals surface area contributed by atoms with Crippen LogP contribution in [-0.2, 0) is 4.65 Å². The summed E-state index contributed by atoms with van der Waals surface area (Å²) >= 11 is 0. The highest BCUT2D eigenvalue weighted by molar-refractivity contribution is 6.47. The second-order valence-corrected chi connectivity index (χ2v) is 5.66. The van der Waals surface area contributed by atoms with Crippen LogP contribution in [0.1, 0.15) is 27.7 Å². The molecule has 0 aromatic heterocycles. The Balaban J connectivity index is 2.87. The first-order valence-electron chi connectivity index (χ1n) is 6.43. The molecule has 21 heavy (non-hydrogen) atoms. The average Bonchev–Trinajstić information content (AvgIpc) is 2.38. The lowest BCUT2D eigenvalue weighted by Gasteiger charge is -2.37. The van der Waals surface area contributed by atoms with Gasteiger partial charge in [0.1, 0.15) is 6.07 Å². The molecule has 0 aliphatic carbocycles. The van der Waals surface area contributed by atoms with Crippen LogP contribution in [-0.4, -0.2) is 30.4 Å². The van der Waals surface area contributed by atoms with Crippen LogP contribution < -0.4 is 10.2 Å². The average molecular weight is 297 g/mol. The molecule has 0 aliphatic heterocycles. The first-order valence-corrected chi connectivity index (χ1v) is 6.43. The number of aliphatic hydroxyl groups is 1. The number of halogens is 2. The Morgan fingerprint density at radius 1 is 1.24 bits per heavy atom. The van der Waals surface area contributed by atoms with E-state index in [2.05, 4.69) is 0 Å². The monoisotopic (exact) mass is 297 g/mol. The van der Waals surface area contributed by atoms with E-state index in [1.807, 2.05) is 0 Å². The Morgan fingerprint density at radius 2 is 1.86 bits per heavy atom. The molecule has 1 aromatic carbocycles. The van der Waals surface area contributed by atoms with Crippen molar-refractivity contribution in [2.75, 3.05) is 6.61 Å². The van der Waals surface area contributed by atoms with Crippen molar-refractivity contribution in [3.8, 4) is 11.8 Å². The van der Waals surface area contributed by atoms with E-state index in [0.29, 0.717) is 0 Å². The molecule has 0 atom stereocenters. The topological polar surface area (TPSA) is 62.5 Å². The van der Waals surface area contributed by atoms with Crippen LogP contribution in [0.15, 0.2) is 12.1 Å². The molecule has 0 unspecified atom stereocenters. The highest BCUT2D eigenvalue weighted by Gasteiger charge is 2.36. The van der Waals surface area contributed by atoms with Gasteiger partial charge in [-0.2, -0.15) is 9.65 Å². The largest absolute Gasteiger partial charge is 0.476 e. The molecular formula is C14H18BF2NO3. The molecule has 7 heteroatoms. The highest BCUT2D eigenvalue weighted by Crippen LogP contribution is 2.24. The van der Waals surface area contributed by atoms with Crippen LogP contribution in [0.5, 0.6) is 5.75 Å². The quantitative estimate of drug-likeness (QED) is 0.806.